The number of H-pyrrole nitrogens is 1. The number of carboxylic acid groups (broad SMARTS) is 1. The van der Waals surface area contributed by atoms with Gasteiger partial charge in [-0.2, -0.15) is 0 Å². The van der Waals surface area contributed by atoms with Crippen molar-refractivity contribution in [2.45, 2.75) is 31.1 Å². The third kappa shape index (κ3) is 4.62. The number of carboxylic acids is 1. The molecule has 1 aromatic rings. The molecule has 8 heteroatoms. The fourth-order valence-electron chi connectivity index (χ4n) is 1.90. The van der Waals surface area contributed by atoms with E-state index < -0.39 is 16.0 Å². The zero-order valence-electron chi connectivity index (χ0n) is 11.3. The van der Waals surface area contributed by atoms with E-state index in [2.05, 4.69) is 9.71 Å². The molecule has 1 unspecified atom stereocenters. The van der Waals surface area contributed by atoms with Crippen molar-refractivity contribution in [2.75, 3.05) is 13.2 Å². The normalized spacial score (nSPS) is 13.3. The Kier molecular flexibility index (Phi) is 6.18. The highest BCUT2D eigenvalue weighted by Gasteiger charge is 2.19. The molecule has 1 aromatic heterocycles. The largest absolute Gasteiger partial charge is 0.477 e. The van der Waals surface area contributed by atoms with Crippen LogP contribution in [0, 0.1) is 5.92 Å². The number of sulfonamides is 1. The summed E-state index contributed by atoms with van der Waals surface area (Å²) < 4.78 is 26.4. The van der Waals surface area contributed by atoms with E-state index in [0.29, 0.717) is 6.42 Å². The maximum absolute atomic E-state index is 12.0. The second-order valence-corrected chi connectivity index (χ2v) is 6.34. The maximum atomic E-state index is 12.0. The average Bonchev–Trinajstić information content (AvgIpc) is 2.87. The summed E-state index contributed by atoms with van der Waals surface area (Å²) in [5.41, 5.74) is -0.175. The molecule has 0 bridgehead atoms. The number of aromatic amines is 1. The average molecular weight is 304 g/mol. The van der Waals surface area contributed by atoms with Gasteiger partial charge in [-0.25, -0.2) is 17.9 Å². The Morgan fingerprint density at radius 1 is 1.45 bits per heavy atom. The minimum atomic E-state index is -3.73. The van der Waals surface area contributed by atoms with E-state index in [1.807, 2.05) is 6.92 Å². The smallest absolute Gasteiger partial charge is 0.352 e. The Hall–Kier alpha value is -1.38. The molecule has 0 fully saturated rings. The van der Waals surface area contributed by atoms with Gasteiger partial charge in [-0.05, 0) is 24.8 Å². The zero-order valence-corrected chi connectivity index (χ0v) is 12.1. The fraction of sp³-hybridized carbons (Fsp3) is 0.583. The number of hydrogen-bond acceptors (Lipinski definition) is 4. The van der Waals surface area contributed by atoms with E-state index in [1.165, 1.54) is 0 Å². The number of aromatic carboxylic acids is 1. The molecular formula is C12H20N2O5S. The lowest BCUT2D eigenvalue weighted by Gasteiger charge is -2.15. The van der Waals surface area contributed by atoms with Gasteiger partial charge in [0.25, 0.3) is 0 Å². The number of rotatable bonds is 9. The predicted octanol–water partition coefficient (Wildman–Crippen LogP) is 0.790. The van der Waals surface area contributed by atoms with Crippen molar-refractivity contribution in [1.82, 2.24) is 9.71 Å². The number of carbonyl (C=O) groups is 1. The lowest BCUT2D eigenvalue weighted by atomic mass is 10.0. The number of aliphatic hydroxyl groups excluding tert-OH is 1. The summed E-state index contributed by atoms with van der Waals surface area (Å²) in [6.07, 6.45) is 3.40. The van der Waals surface area contributed by atoms with Gasteiger partial charge in [0.15, 0.2) is 0 Å². The Balaban J connectivity index is 2.70. The van der Waals surface area contributed by atoms with Gasteiger partial charge in [0.2, 0.25) is 10.0 Å². The van der Waals surface area contributed by atoms with Crippen LogP contribution in [0.2, 0.25) is 0 Å². The van der Waals surface area contributed by atoms with E-state index in [-0.39, 0.29) is 29.7 Å². The van der Waals surface area contributed by atoms with Gasteiger partial charge in [-0.1, -0.05) is 13.3 Å². The number of hydrogen-bond donors (Lipinski definition) is 4. The zero-order chi connectivity index (χ0) is 15.2. The van der Waals surface area contributed by atoms with Crippen LogP contribution in [0.3, 0.4) is 0 Å². The van der Waals surface area contributed by atoms with Crippen LogP contribution >= 0.6 is 0 Å². The molecule has 7 nitrogen and oxygen atoms in total. The van der Waals surface area contributed by atoms with Gasteiger partial charge >= 0.3 is 5.97 Å². The Morgan fingerprint density at radius 3 is 2.65 bits per heavy atom. The molecule has 114 valence electrons. The summed E-state index contributed by atoms with van der Waals surface area (Å²) in [6.45, 7) is 2.23. The second kappa shape index (κ2) is 7.41. The lowest BCUT2D eigenvalue weighted by molar-refractivity contribution is 0.0691. The summed E-state index contributed by atoms with van der Waals surface area (Å²) in [5.74, 6) is -1.15. The molecule has 0 spiro atoms. The summed E-state index contributed by atoms with van der Waals surface area (Å²) in [6, 6.07) is 1.07. The highest BCUT2D eigenvalue weighted by Crippen LogP contribution is 2.14. The molecular weight excluding hydrogens is 284 g/mol. The highest BCUT2D eigenvalue weighted by molar-refractivity contribution is 7.89. The Morgan fingerprint density at radius 2 is 2.15 bits per heavy atom. The van der Waals surface area contributed by atoms with E-state index in [0.717, 1.165) is 25.1 Å². The van der Waals surface area contributed by atoms with Gasteiger partial charge in [-0.15, -0.1) is 0 Å². The summed E-state index contributed by atoms with van der Waals surface area (Å²) in [7, 11) is -3.73. The Bertz CT molecular complexity index is 532. The number of nitrogens with one attached hydrogen (secondary N) is 2. The third-order valence-corrected chi connectivity index (χ3v) is 4.40. The van der Waals surface area contributed by atoms with Gasteiger partial charge < -0.3 is 15.2 Å². The standard InChI is InChI=1S/C12H20N2O5S/c1-2-3-9(4-5-15)7-14-20(18,19)10-6-11(12(16)17)13-8-10/h6,8-9,13-15H,2-5,7H2,1H3,(H,16,17). The van der Waals surface area contributed by atoms with Crippen LogP contribution in [-0.4, -0.2) is 42.7 Å². The van der Waals surface area contributed by atoms with Crippen molar-refractivity contribution >= 4 is 16.0 Å². The van der Waals surface area contributed by atoms with Gasteiger partial charge in [-0.3, -0.25) is 0 Å². The number of aromatic nitrogens is 1. The van der Waals surface area contributed by atoms with Crippen molar-refractivity contribution in [3.63, 3.8) is 0 Å². The quantitative estimate of drug-likeness (QED) is 0.537. The monoisotopic (exact) mass is 304 g/mol. The van der Waals surface area contributed by atoms with Crippen molar-refractivity contribution < 1.29 is 23.4 Å². The molecule has 0 radical (unpaired) electrons. The highest BCUT2D eigenvalue weighted by atomic mass is 32.2. The molecule has 4 N–H and O–H groups in total. The molecule has 1 heterocycles. The first kappa shape index (κ1) is 16.7. The second-order valence-electron chi connectivity index (χ2n) is 4.57. The third-order valence-electron chi connectivity index (χ3n) is 2.99. The van der Waals surface area contributed by atoms with Crippen molar-refractivity contribution in [2.24, 2.45) is 5.92 Å². The molecule has 1 atom stereocenters. The lowest BCUT2D eigenvalue weighted by Crippen LogP contribution is -2.29. The molecule has 0 aliphatic carbocycles. The first-order valence-electron chi connectivity index (χ1n) is 6.43. The minimum Gasteiger partial charge on any atom is -0.477 e. The maximum Gasteiger partial charge on any atom is 0.352 e. The first-order chi connectivity index (χ1) is 9.40. The minimum absolute atomic E-state index is 0.0136. The van der Waals surface area contributed by atoms with Crippen LogP contribution in [0.15, 0.2) is 17.2 Å². The van der Waals surface area contributed by atoms with Crippen molar-refractivity contribution in [3.05, 3.63) is 18.0 Å². The fourth-order valence-corrected chi connectivity index (χ4v) is 3.01. The van der Waals surface area contributed by atoms with Crippen LogP contribution in [0.4, 0.5) is 0 Å². The molecule has 1 rings (SSSR count). The SMILES string of the molecule is CCCC(CCO)CNS(=O)(=O)c1c[nH]c(C(=O)O)c1. The molecule has 0 saturated heterocycles. The van der Waals surface area contributed by atoms with Crippen LogP contribution in [0.25, 0.3) is 0 Å². The van der Waals surface area contributed by atoms with Crippen LogP contribution in [0.5, 0.6) is 0 Å². The van der Waals surface area contributed by atoms with Crippen molar-refractivity contribution in [1.29, 1.82) is 0 Å². The topological polar surface area (TPSA) is 119 Å². The summed E-state index contributed by atoms with van der Waals surface area (Å²) in [5, 5.41) is 17.7. The van der Waals surface area contributed by atoms with E-state index in [9.17, 15) is 13.2 Å². The van der Waals surface area contributed by atoms with Crippen molar-refractivity contribution in [3.8, 4) is 0 Å². The summed E-state index contributed by atoms with van der Waals surface area (Å²) in [4.78, 5) is 13.0. The molecule has 0 aromatic carbocycles. The van der Waals surface area contributed by atoms with Crippen LogP contribution < -0.4 is 4.72 Å². The first-order valence-corrected chi connectivity index (χ1v) is 7.91. The molecule has 20 heavy (non-hydrogen) atoms. The predicted molar refractivity (Wildman–Crippen MR) is 73.0 cm³/mol. The van der Waals surface area contributed by atoms with E-state index in [1.54, 1.807) is 0 Å². The van der Waals surface area contributed by atoms with Gasteiger partial charge in [0.05, 0.1) is 0 Å². The molecule has 0 aliphatic heterocycles. The van der Waals surface area contributed by atoms with E-state index in [4.69, 9.17) is 10.2 Å². The van der Waals surface area contributed by atoms with Crippen LogP contribution in [0.1, 0.15) is 36.7 Å². The summed E-state index contributed by atoms with van der Waals surface area (Å²) >= 11 is 0. The van der Waals surface area contributed by atoms with Gasteiger partial charge in [0.1, 0.15) is 10.6 Å². The molecule has 0 amide bonds. The number of aliphatic hydroxyl groups is 1. The molecule has 0 saturated carbocycles. The van der Waals surface area contributed by atoms with Crippen LogP contribution in [-0.2, 0) is 10.0 Å². The van der Waals surface area contributed by atoms with Gasteiger partial charge in [0, 0.05) is 19.3 Å². The van der Waals surface area contributed by atoms with E-state index >= 15 is 0 Å². The Labute approximate surface area is 118 Å². The molecule has 0 aliphatic rings.